The predicted octanol–water partition coefficient (Wildman–Crippen LogP) is 4.23. The lowest BCUT2D eigenvalue weighted by Crippen LogP contribution is -2.42. The normalized spacial score (nSPS) is 16.9. The van der Waals surface area contributed by atoms with Gasteiger partial charge in [0.2, 0.25) is 5.91 Å². The highest BCUT2D eigenvalue weighted by Gasteiger charge is 2.27. The number of hydrogen-bond donors (Lipinski definition) is 1. The van der Waals surface area contributed by atoms with Gasteiger partial charge in [-0.15, -0.1) is 0 Å². The van der Waals surface area contributed by atoms with E-state index in [0.29, 0.717) is 13.2 Å². The molecule has 1 aliphatic heterocycles. The van der Waals surface area contributed by atoms with E-state index < -0.39 is 0 Å². The highest BCUT2D eigenvalue weighted by atomic mass is 32.1. The number of ether oxygens (including phenoxy) is 1. The number of aromatic nitrogens is 1. The Hall–Kier alpha value is -2.60. The summed E-state index contributed by atoms with van der Waals surface area (Å²) in [6, 6.07) is 16.1. The van der Waals surface area contributed by atoms with Crippen LogP contribution < -0.4 is 15.0 Å². The Balaban J connectivity index is 1.41. The number of anilines is 1. The largest absolute Gasteiger partial charge is 0.494 e. The number of nitrogens with one attached hydrogen (secondary N) is 1. The number of thiazole rings is 1. The van der Waals surface area contributed by atoms with Crippen molar-refractivity contribution in [2.24, 2.45) is 5.92 Å². The first-order chi connectivity index (χ1) is 13.7. The third-order valence-corrected chi connectivity index (χ3v) is 6.11. The lowest BCUT2D eigenvalue weighted by Gasteiger charge is -2.31. The topological polar surface area (TPSA) is 54.5 Å². The molecule has 0 aliphatic carbocycles. The Kier molecular flexibility index (Phi) is 5.76. The van der Waals surface area contributed by atoms with Crippen molar-refractivity contribution in [1.29, 1.82) is 0 Å². The second-order valence-corrected chi connectivity index (χ2v) is 8.06. The van der Waals surface area contributed by atoms with Crippen molar-refractivity contribution in [3.05, 3.63) is 54.1 Å². The summed E-state index contributed by atoms with van der Waals surface area (Å²) in [5.74, 6) is 1.01. The van der Waals surface area contributed by atoms with Crippen LogP contribution in [0.4, 0.5) is 5.13 Å². The molecule has 4 rings (SSSR count). The summed E-state index contributed by atoms with van der Waals surface area (Å²) in [4.78, 5) is 19.7. The third-order valence-electron chi connectivity index (χ3n) is 5.03. The summed E-state index contributed by atoms with van der Waals surface area (Å²) in [6.07, 6.45) is 1.93. The monoisotopic (exact) mass is 395 g/mol. The van der Waals surface area contributed by atoms with Crippen LogP contribution in [0, 0.1) is 5.92 Å². The zero-order chi connectivity index (χ0) is 19.3. The molecule has 1 atom stereocenters. The molecule has 1 saturated heterocycles. The molecule has 0 saturated carbocycles. The molecule has 1 N–H and O–H groups in total. The molecule has 1 aromatic heterocycles. The third kappa shape index (κ3) is 4.28. The van der Waals surface area contributed by atoms with Crippen LogP contribution in [0.3, 0.4) is 0 Å². The minimum absolute atomic E-state index is 0.00320. The van der Waals surface area contributed by atoms with Gasteiger partial charge in [0.15, 0.2) is 5.13 Å². The summed E-state index contributed by atoms with van der Waals surface area (Å²) < 4.78 is 6.71. The molecule has 2 aromatic carbocycles. The SMILES string of the molecule is CCOc1ccc2nc(N3CCC[C@H](C(=O)NCc4ccccc4)C3)sc2c1. The van der Waals surface area contributed by atoms with E-state index in [0.717, 1.165) is 52.6 Å². The Labute approximate surface area is 169 Å². The van der Waals surface area contributed by atoms with Gasteiger partial charge in [-0.2, -0.15) is 0 Å². The van der Waals surface area contributed by atoms with Crippen molar-refractivity contribution in [3.63, 3.8) is 0 Å². The van der Waals surface area contributed by atoms with Crippen LogP contribution in [0.15, 0.2) is 48.5 Å². The van der Waals surface area contributed by atoms with Crippen LogP contribution in [0.2, 0.25) is 0 Å². The van der Waals surface area contributed by atoms with Crippen molar-refractivity contribution in [3.8, 4) is 5.75 Å². The maximum atomic E-state index is 12.7. The van der Waals surface area contributed by atoms with Gasteiger partial charge in [0, 0.05) is 19.6 Å². The Bertz CT molecular complexity index is 941. The van der Waals surface area contributed by atoms with Gasteiger partial charge in [-0.3, -0.25) is 4.79 Å². The summed E-state index contributed by atoms with van der Waals surface area (Å²) in [5.41, 5.74) is 2.11. The van der Waals surface area contributed by atoms with Crippen molar-refractivity contribution in [1.82, 2.24) is 10.3 Å². The lowest BCUT2D eigenvalue weighted by molar-refractivity contribution is -0.125. The molecule has 5 nitrogen and oxygen atoms in total. The number of carbonyl (C=O) groups excluding carboxylic acids is 1. The van der Waals surface area contributed by atoms with Crippen molar-refractivity contribution in [2.45, 2.75) is 26.3 Å². The first kappa shape index (κ1) is 18.7. The number of fused-ring (bicyclic) bond motifs is 1. The quantitative estimate of drug-likeness (QED) is 0.679. The van der Waals surface area contributed by atoms with Crippen LogP contribution in [0.25, 0.3) is 10.2 Å². The number of benzene rings is 2. The molecule has 1 amide bonds. The summed E-state index contributed by atoms with van der Waals surface area (Å²) in [5, 5.41) is 4.08. The summed E-state index contributed by atoms with van der Waals surface area (Å²) >= 11 is 1.67. The minimum atomic E-state index is 0.00320. The molecular weight excluding hydrogens is 370 g/mol. The van der Waals surface area contributed by atoms with Crippen molar-refractivity contribution >= 4 is 32.6 Å². The van der Waals surface area contributed by atoms with Gasteiger partial charge in [0.25, 0.3) is 0 Å². The fourth-order valence-corrected chi connectivity index (χ4v) is 4.61. The fourth-order valence-electron chi connectivity index (χ4n) is 3.58. The minimum Gasteiger partial charge on any atom is -0.494 e. The van der Waals surface area contributed by atoms with Crippen molar-refractivity contribution < 1.29 is 9.53 Å². The van der Waals surface area contributed by atoms with E-state index in [-0.39, 0.29) is 11.8 Å². The van der Waals surface area contributed by atoms with Crippen LogP contribution in [-0.2, 0) is 11.3 Å². The number of rotatable bonds is 6. The van der Waals surface area contributed by atoms with E-state index >= 15 is 0 Å². The Morgan fingerprint density at radius 1 is 1.29 bits per heavy atom. The van der Waals surface area contributed by atoms with Gasteiger partial charge < -0.3 is 15.0 Å². The summed E-state index contributed by atoms with van der Waals surface area (Å²) in [6.45, 7) is 4.89. The van der Waals surface area contributed by atoms with Gasteiger partial charge in [-0.25, -0.2) is 4.98 Å². The number of hydrogen-bond acceptors (Lipinski definition) is 5. The Morgan fingerprint density at radius 2 is 2.14 bits per heavy atom. The highest BCUT2D eigenvalue weighted by molar-refractivity contribution is 7.22. The molecule has 0 bridgehead atoms. The van der Waals surface area contributed by atoms with Crippen LogP contribution in [-0.4, -0.2) is 30.6 Å². The van der Waals surface area contributed by atoms with E-state index in [9.17, 15) is 4.79 Å². The molecule has 0 unspecified atom stereocenters. The second kappa shape index (κ2) is 8.61. The predicted molar refractivity (Wildman–Crippen MR) is 114 cm³/mol. The standard InChI is InChI=1S/C22H25N3O2S/c1-2-27-18-10-11-19-20(13-18)28-22(24-19)25-12-6-9-17(15-25)21(26)23-14-16-7-4-3-5-8-16/h3-5,7-8,10-11,13,17H,2,6,9,12,14-15H2,1H3,(H,23,26)/t17-/m0/s1. The van der Waals surface area contributed by atoms with Crippen LogP contribution in [0.5, 0.6) is 5.75 Å². The molecule has 1 fully saturated rings. The van der Waals surface area contributed by atoms with E-state index in [1.807, 2.05) is 55.5 Å². The number of amides is 1. The molecule has 146 valence electrons. The zero-order valence-electron chi connectivity index (χ0n) is 16.1. The van der Waals surface area contributed by atoms with Gasteiger partial charge >= 0.3 is 0 Å². The van der Waals surface area contributed by atoms with Gasteiger partial charge in [-0.1, -0.05) is 41.7 Å². The average Bonchev–Trinajstić information content (AvgIpc) is 3.17. The molecule has 1 aliphatic rings. The smallest absolute Gasteiger partial charge is 0.225 e. The van der Waals surface area contributed by atoms with Gasteiger partial charge in [0.1, 0.15) is 5.75 Å². The molecule has 28 heavy (non-hydrogen) atoms. The maximum Gasteiger partial charge on any atom is 0.225 e. The molecule has 3 aromatic rings. The summed E-state index contributed by atoms with van der Waals surface area (Å²) in [7, 11) is 0. The molecule has 0 spiro atoms. The fraction of sp³-hybridized carbons (Fsp3) is 0.364. The van der Waals surface area contributed by atoms with E-state index in [1.54, 1.807) is 11.3 Å². The maximum absolute atomic E-state index is 12.7. The number of piperidine rings is 1. The van der Waals surface area contributed by atoms with Crippen LogP contribution >= 0.6 is 11.3 Å². The second-order valence-electron chi connectivity index (χ2n) is 7.05. The average molecular weight is 396 g/mol. The number of nitrogens with zero attached hydrogens (tertiary/aromatic N) is 2. The van der Waals surface area contributed by atoms with E-state index in [4.69, 9.17) is 9.72 Å². The Morgan fingerprint density at radius 3 is 2.96 bits per heavy atom. The lowest BCUT2D eigenvalue weighted by atomic mass is 9.97. The zero-order valence-corrected chi connectivity index (χ0v) is 16.9. The first-order valence-corrected chi connectivity index (χ1v) is 10.6. The molecular formula is C22H25N3O2S. The first-order valence-electron chi connectivity index (χ1n) is 9.83. The molecule has 6 heteroatoms. The molecule has 0 radical (unpaired) electrons. The van der Waals surface area contributed by atoms with Gasteiger partial charge in [0.05, 0.1) is 22.7 Å². The van der Waals surface area contributed by atoms with Gasteiger partial charge in [-0.05, 0) is 43.5 Å². The van der Waals surface area contributed by atoms with Crippen molar-refractivity contribution in [2.75, 3.05) is 24.6 Å². The van der Waals surface area contributed by atoms with Crippen LogP contribution in [0.1, 0.15) is 25.3 Å². The van der Waals surface area contributed by atoms with E-state index in [2.05, 4.69) is 10.2 Å². The number of carbonyl (C=O) groups is 1. The van der Waals surface area contributed by atoms with E-state index in [1.165, 1.54) is 0 Å². The molecule has 2 heterocycles. The highest BCUT2D eigenvalue weighted by Crippen LogP contribution is 2.33.